The Morgan fingerprint density at radius 3 is 2.48 bits per heavy atom. The number of anilines is 1. The van der Waals surface area contributed by atoms with Crippen molar-refractivity contribution in [3.8, 4) is 0 Å². The maximum absolute atomic E-state index is 13.3. The summed E-state index contributed by atoms with van der Waals surface area (Å²) in [6, 6.07) is 8.46. The summed E-state index contributed by atoms with van der Waals surface area (Å²) in [5, 5.41) is 5.17. The predicted octanol–water partition coefficient (Wildman–Crippen LogP) is 4.14. The first kappa shape index (κ1) is 18.9. The van der Waals surface area contributed by atoms with Crippen LogP contribution in [-0.2, 0) is 11.3 Å². The van der Waals surface area contributed by atoms with Gasteiger partial charge in [0.25, 0.3) is 5.91 Å². The fourth-order valence-electron chi connectivity index (χ4n) is 2.02. The van der Waals surface area contributed by atoms with Crippen molar-refractivity contribution in [2.75, 3.05) is 5.32 Å². The van der Waals surface area contributed by atoms with E-state index in [2.05, 4.69) is 10.6 Å². The van der Waals surface area contributed by atoms with E-state index in [-0.39, 0.29) is 29.0 Å². The van der Waals surface area contributed by atoms with E-state index < -0.39 is 17.5 Å². The zero-order valence-electron chi connectivity index (χ0n) is 13.7. The molecule has 0 atom stereocenters. The number of benzene rings is 2. The zero-order chi connectivity index (χ0) is 18.6. The first-order valence-electron chi connectivity index (χ1n) is 7.60. The Morgan fingerprint density at radius 2 is 1.80 bits per heavy atom. The summed E-state index contributed by atoms with van der Waals surface area (Å²) < 4.78 is 26.3. The van der Waals surface area contributed by atoms with Crippen LogP contribution in [0.2, 0.25) is 5.02 Å². The van der Waals surface area contributed by atoms with Crippen molar-refractivity contribution in [3.63, 3.8) is 0 Å². The van der Waals surface area contributed by atoms with E-state index in [1.165, 1.54) is 0 Å². The molecule has 4 nitrogen and oxygen atoms in total. The Bertz CT molecular complexity index is 810. The Labute approximate surface area is 149 Å². The second-order valence-electron chi connectivity index (χ2n) is 5.77. The SMILES string of the molecule is CC(C)C(=O)Nc1cccc(CNC(=O)c2cc(F)c(F)cc2Cl)c1. The summed E-state index contributed by atoms with van der Waals surface area (Å²) in [5.74, 6) is -3.16. The minimum Gasteiger partial charge on any atom is -0.348 e. The number of carbonyl (C=O) groups excluding carboxylic acids is 2. The van der Waals surface area contributed by atoms with Crippen molar-refractivity contribution in [2.24, 2.45) is 5.92 Å². The van der Waals surface area contributed by atoms with Gasteiger partial charge in [0.05, 0.1) is 10.6 Å². The van der Waals surface area contributed by atoms with Crippen LogP contribution in [0.15, 0.2) is 36.4 Å². The van der Waals surface area contributed by atoms with Gasteiger partial charge in [-0.25, -0.2) is 8.78 Å². The normalized spacial score (nSPS) is 10.6. The Hall–Kier alpha value is -2.47. The molecule has 0 saturated carbocycles. The minimum absolute atomic E-state index is 0.116. The minimum atomic E-state index is -1.15. The maximum Gasteiger partial charge on any atom is 0.253 e. The van der Waals surface area contributed by atoms with Gasteiger partial charge in [0.15, 0.2) is 11.6 Å². The number of nitrogens with one attached hydrogen (secondary N) is 2. The number of rotatable bonds is 5. The average Bonchev–Trinajstić information content (AvgIpc) is 2.56. The van der Waals surface area contributed by atoms with Gasteiger partial charge in [0, 0.05) is 18.2 Å². The molecule has 0 fully saturated rings. The summed E-state index contributed by atoms with van der Waals surface area (Å²) in [6.45, 7) is 3.70. The summed E-state index contributed by atoms with van der Waals surface area (Å²) in [7, 11) is 0. The van der Waals surface area contributed by atoms with E-state index in [0.717, 1.165) is 17.7 Å². The summed E-state index contributed by atoms with van der Waals surface area (Å²) in [5.41, 5.74) is 1.19. The van der Waals surface area contributed by atoms with Crippen LogP contribution in [0.1, 0.15) is 29.8 Å². The van der Waals surface area contributed by atoms with Gasteiger partial charge in [0.1, 0.15) is 0 Å². The van der Waals surface area contributed by atoms with Crippen LogP contribution in [-0.4, -0.2) is 11.8 Å². The topological polar surface area (TPSA) is 58.2 Å². The Morgan fingerprint density at radius 1 is 1.12 bits per heavy atom. The molecule has 2 aromatic carbocycles. The van der Waals surface area contributed by atoms with Crippen LogP contribution < -0.4 is 10.6 Å². The third kappa shape index (κ3) is 5.00. The molecule has 0 bridgehead atoms. The van der Waals surface area contributed by atoms with Gasteiger partial charge in [-0.15, -0.1) is 0 Å². The highest BCUT2D eigenvalue weighted by atomic mass is 35.5. The van der Waals surface area contributed by atoms with E-state index in [1.54, 1.807) is 38.1 Å². The first-order valence-corrected chi connectivity index (χ1v) is 7.98. The molecule has 2 N–H and O–H groups in total. The molecule has 132 valence electrons. The monoisotopic (exact) mass is 366 g/mol. The highest BCUT2D eigenvalue weighted by Crippen LogP contribution is 2.20. The molecule has 0 aliphatic carbocycles. The summed E-state index contributed by atoms with van der Waals surface area (Å²) in [4.78, 5) is 23.8. The van der Waals surface area contributed by atoms with Gasteiger partial charge in [-0.3, -0.25) is 9.59 Å². The predicted molar refractivity (Wildman–Crippen MR) is 92.4 cm³/mol. The lowest BCUT2D eigenvalue weighted by Gasteiger charge is -2.11. The fraction of sp³-hybridized carbons (Fsp3) is 0.222. The summed E-state index contributed by atoms with van der Waals surface area (Å²) in [6.07, 6.45) is 0. The van der Waals surface area contributed by atoms with Gasteiger partial charge in [0.2, 0.25) is 5.91 Å². The quantitative estimate of drug-likeness (QED) is 0.781. The van der Waals surface area contributed by atoms with Gasteiger partial charge < -0.3 is 10.6 Å². The molecule has 0 radical (unpaired) electrons. The average molecular weight is 367 g/mol. The third-order valence-corrected chi connectivity index (χ3v) is 3.74. The molecule has 25 heavy (non-hydrogen) atoms. The Kier molecular flexibility index (Phi) is 6.09. The van der Waals surface area contributed by atoms with Crippen LogP contribution in [0, 0.1) is 17.6 Å². The van der Waals surface area contributed by atoms with Crippen molar-refractivity contribution in [2.45, 2.75) is 20.4 Å². The number of halogens is 3. The van der Waals surface area contributed by atoms with E-state index in [4.69, 9.17) is 11.6 Å². The van der Waals surface area contributed by atoms with E-state index in [1.807, 2.05) is 0 Å². The van der Waals surface area contributed by atoms with Crippen LogP contribution in [0.4, 0.5) is 14.5 Å². The lowest BCUT2D eigenvalue weighted by atomic mass is 10.1. The second-order valence-corrected chi connectivity index (χ2v) is 6.18. The first-order chi connectivity index (χ1) is 11.8. The number of hydrogen-bond acceptors (Lipinski definition) is 2. The van der Waals surface area contributed by atoms with Crippen molar-refractivity contribution >= 4 is 29.1 Å². The number of hydrogen-bond donors (Lipinski definition) is 2. The van der Waals surface area contributed by atoms with Gasteiger partial charge in [-0.2, -0.15) is 0 Å². The van der Waals surface area contributed by atoms with Gasteiger partial charge in [-0.1, -0.05) is 37.6 Å². The Balaban J connectivity index is 2.05. The molecule has 0 heterocycles. The van der Waals surface area contributed by atoms with Crippen LogP contribution in [0.5, 0.6) is 0 Å². The maximum atomic E-state index is 13.3. The number of carbonyl (C=O) groups is 2. The zero-order valence-corrected chi connectivity index (χ0v) is 14.5. The summed E-state index contributed by atoms with van der Waals surface area (Å²) >= 11 is 5.78. The molecule has 0 aliphatic heterocycles. The van der Waals surface area contributed by atoms with Crippen LogP contribution >= 0.6 is 11.6 Å². The molecular weight excluding hydrogens is 350 g/mol. The highest BCUT2D eigenvalue weighted by Gasteiger charge is 2.15. The number of amides is 2. The van der Waals surface area contributed by atoms with E-state index >= 15 is 0 Å². The third-order valence-electron chi connectivity index (χ3n) is 3.43. The largest absolute Gasteiger partial charge is 0.348 e. The van der Waals surface area contributed by atoms with E-state index in [0.29, 0.717) is 5.69 Å². The lowest BCUT2D eigenvalue weighted by Crippen LogP contribution is -2.23. The smallest absolute Gasteiger partial charge is 0.253 e. The van der Waals surface area contributed by atoms with E-state index in [9.17, 15) is 18.4 Å². The molecule has 0 aliphatic rings. The van der Waals surface area contributed by atoms with Crippen molar-refractivity contribution in [3.05, 3.63) is 64.2 Å². The van der Waals surface area contributed by atoms with Crippen LogP contribution in [0.25, 0.3) is 0 Å². The standard InChI is InChI=1S/C18H17ClF2N2O2/c1-10(2)17(24)23-12-5-3-4-11(6-12)9-22-18(25)13-7-15(20)16(21)8-14(13)19/h3-8,10H,9H2,1-2H3,(H,22,25)(H,23,24). The molecule has 7 heteroatoms. The van der Waals surface area contributed by atoms with Crippen molar-refractivity contribution < 1.29 is 18.4 Å². The molecule has 2 aromatic rings. The molecular formula is C18H17ClF2N2O2. The molecule has 2 amide bonds. The second kappa shape index (κ2) is 8.07. The van der Waals surface area contributed by atoms with Crippen LogP contribution in [0.3, 0.4) is 0 Å². The highest BCUT2D eigenvalue weighted by molar-refractivity contribution is 6.33. The molecule has 0 aromatic heterocycles. The fourth-order valence-corrected chi connectivity index (χ4v) is 2.26. The molecule has 0 saturated heterocycles. The lowest BCUT2D eigenvalue weighted by molar-refractivity contribution is -0.118. The molecule has 2 rings (SSSR count). The van der Waals surface area contributed by atoms with Crippen molar-refractivity contribution in [1.29, 1.82) is 0 Å². The molecule has 0 spiro atoms. The molecule has 0 unspecified atom stereocenters. The van der Waals surface area contributed by atoms with Gasteiger partial charge >= 0.3 is 0 Å². The van der Waals surface area contributed by atoms with Gasteiger partial charge in [-0.05, 0) is 29.8 Å². The van der Waals surface area contributed by atoms with Crippen molar-refractivity contribution in [1.82, 2.24) is 5.32 Å².